The maximum Gasteiger partial charge on any atom is 0.233 e. The first-order valence-corrected chi connectivity index (χ1v) is 4.23. The van der Waals surface area contributed by atoms with Gasteiger partial charge in [0, 0.05) is 5.69 Å². The van der Waals surface area contributed by atoms with Gasteiger partial charge in [0.05, 0.1) is 0 Å². The summed E-state index contributed by atoms with van der Waals surface area (Å²) < 4.78 is 0. The van der Waals surface area contributed by atoms with E-state index in [9.17, 15) is 9.59 Å². The van der Waals surface area contributed by atoms with Crippen molar-refractivity contribution >= 4 is 17.5 Å². The molecular formula is C10H12N2O2. The molecule has 1 aromatic carbocycles. The molecular weight excluding hydrogens is 180 g/mol. The van der Waals surface area contributed by atoms with Crippen molar-refractivity contribution < 1.29 is 9.59 Å². The van der Waals surface area contributed by atoms with Gasteiger partial charge in [-0.1, -0.05) is 17.7 Å². The highest BCUT2D eigenvalue weighted by Crippen LogP contribution is 2.08. The van der Waals surface area contributed by atoms with E-state index < -0.39 is 5.91 Å². The molecule has 4 nitrogen and oxygen atoms in total. The fraction of sp³-hybridized carbons (Fsp3) is 0.200. The van der Waals surface area contributed by atoms with Crippen LogP contribution in [0.4, 0.5) is 5.69 Å². The van der Waals surface area contributed by atoms with E-state index in [0.717, 1.165) is 5.56 Å². The zero-order valence-electron chi connectivity index (χ0n) is 7.91. The summed E-state index contributed by atoms with van der Waals surface area (Å²) in [5, 5.41) is 2.56. The van der Waals surface area contributed by atoms with Crippen molar-refractivity contribution in [2.45, 2.75) is 13.3 Å². The SMILES string of the molecule is Cc1ccc(NC(=O)CC(N)=O)cc1. The molecule has 0 saturated carbocycles. The number of aryl methyl sites for hydroxylation is 1. The molecule has 0 aliphatic carbocycles. The molecule has 14 heavy (non-hydrogen) atoms. The Hall–Kier alpha value is -1.84. The first-order valence-electron chi connectivity index (χ1n) is 4.23. The molecule has 0 radical (unpaired) electrons. The molecule has 74 valence electrons. The van der Waals surface area contributed by atoms with Gasteiger partial charge >= 0.3 is 0 Å². The lowest BCUT2D eigenvalue weighted by atomic mass is 10.2. The number of hydrogen-bond acceptors (Lipinski definition) is 2. The number of carbonyl (C=O) groups excluding carboxylic acids is 2. The molecule has 3 N–H and O–H groups in total. The molecule has 0 heterocycles. The predicted octanol–water partition coefficient (Wildman–Crippen LogP) is 0.809. The Morgan fingerprint density at radius 3 is 2.36 bits per heavy atom. The van der Waals surface area contributed by atoms with Crippen LogP contribution >= 0.6 is 0 Å². The van der Waals surface area contributed by atoms with Crippen molar-refractivity contribution in [1.29, 1.82) is 0 Å². The normalized spacial score (nSPS) is 9.50. The maximum atomic E-state index is 11.1. The second-order valence-corrected chi connectivity index (χ2v) is 3.06. The number of rotatable bonds is 3. The summed E-state index contributed by atoms with van der Waals surface area (Å²) in [4.78, 5) is 21.5. The molecule has 0 bridgehead atoms. The first-order chi connectivity index (χ1) is 6.58. The number of amides is 2. The van der Waals surface area contributed by atoms with E-state index in [-0.39, 0.29) is 12.3 Å². The van der Waals surface area contributed by atoms with Crippen LogP contribution in [0.25, 0.3) is 0 Å². The summed E-state index contributed by atoms with van der Waals surface area (Å²) in [7, 11) is 0. The molecule has 0 saturated heterocycles. The van der Waals surface area contributed by atoms with Gasteiger partial charge in [0.2, 0.25) is 11.8 Å². The largest absolute Gasteiger partial charge is 0.369 e. The van der Waals surface area contributed by atoms with Crippen LogP contribution in [-0.4, -0.2) is 11.8 Å². The lowest BCUT2D eigenvalue weighted by molar-refractivity contribution is -0.124. The van der Waals surface area contributed by atoms with Gasteiger partial charge in [-0.25, -0.2) is 0 Å². The second kappa shape index (κ2) is 4.41. The number of hydrogen-bond donors (Lipinski definition) is 2. The molecule has 0 aliphatic heterocycles. The zero-order chi connectivity index (χ0) is 10.6. The highest BCUT2D eigenvalue weighted by molar-refractivity contribution is 6.02. The summed E-state index contributed by atoms with van der Waals surface area (Å²) in [6.45, 7) is 1.95. The van der Waals surface area contributed by atoms with Gasteiger partial charge in [-0.15, -0.1) is 0 Å². The van der Waals surface area contributed by atoms with Gasteiger partial charge in [-0.3, -0.25) is 9.59 Å². The molecule has 0 unspecified atom stereocenters. The van der Waals surface area contributed by atoms with E-state index in [1.165, 1.54) is 0 Å². The molecule has 0 aliphatic rings. The maximum absolute atomic E-state index is 11.1. The molecule has 0 fully saturated rings. The van der Waals surface area contributed by atoms with Gasteiger partial charge in [0.25, 0.3) is 0 Å². The summed E-state index contributed by atoms with van der Waals surface area (Å²) in [5.74, 6) is -1.02. The average molecular weight is 192 g/mol. The van der Waals surface area contributed by atoms with Crippen LogP contribution in [0.3, 0.4) is 0 Å². The Morgan fingerprint density at radius 1 is 1.29 bits per heavy atom. The van der Waals surface area contributed by atoms with E-state index in [0.29, 0.717) is 5.69 Å². The Morgan fingerprint density at radius 2 is 1.86 bits per heavy atom. The quantitative estimate of drug-likeness (QED) is 0.695. The van der Waals surface area contributed by atoms with Crippen LogP contribution < -0.4 is 11.1 Å². The van der Waals surface area contributed by atoms with Crippen molar-refractivity contribution in [3.63, 3.8) is 0 Å². The predicted molar refractivity (Wildman–Crippen MR) is 53.6 cm³/mol. The van der Waals surface area contributed by atoms with Crippen molar-refractivity contribution in [2.75, 3.05) is 5.32 Å². The molecule has 1 aromatic rings. The molecule has 1 rings (SSSR count). The lowest BCUT2D eigenvalue weighted by Gasteiger charge is -2.03. The Balaban J connectivity index is 2.56. The third kappa shape index (κ3) is 3.26. The van der Waals surface area contributed by atoms with Gasteiger partial charge in [0.15, 0.2) is 0 Å². The van der Waals surface area contributed by atoms with Crippen LogP contribution in [0.5, 0.6) is 0 Å². The van der Waals surface area contributed by atoms with Crippen molar-refractivity contribution in [3.05, 3.63) is 29.8 Å². The molecule has 4 heteroatoms. The summed E-state index contributed by atoms with van der Waals surface area (Å²) in [6, 6.07) is 7.29. The van der Waals surface area contributed by atoms with Crippen LogP contribution in [0.1, 0.15) is 12.0 Å². The minimum absolute atomic E-state index is 0.284. The lowest BCUT2D eigenvalue weighted by Crippen LogP contribution is -2.21. The third-order valence-corrected chi connectivity index (χ3v) is 1.67. The van der Waals surface area contributed by atoms with Crippen LogP contribution in [0, 0.1) is 6.92 Å². The number of benzene rings is 1. The highest BCUT2D eigenvalue weighted by Gasteiger charge is 2.05. The summed E-state index contributed by atoms with van der Waals surface area (Å²) in [6.07, 6.45) is -0.284. The minimum Gasteiger partial charge on any atom is -0.369 e. The monoisotopic (exact) mass is 192 g/mol. The fourth-order valence-corrected chi connectivity index (χ4v) is 1.00. The molecule has 0 atom stereocenters. The summed E-state index contributed by atoms with van der Waals surface area (Å²) >= 11 is 0. The average Bonchev–Trinajstić information content (AvgIpc) is 2.07. The third-order valence-electron chi connectivity index (χ3n) is 1.67. The Labute approximate surface area is 82.1 Å². The minimum atomic E-state index is -0.630. The zero-order valence-corrected chi connectivity index (χ0v) is 7.91. The number of nitrogens with two attached hydrogens (primary N) is 1. The Kier molecular flexibility index (Phi) is 3.23. The van der Waals surface area contributed by atoms with Gasteiger partial charge < -0.3 is 11.1 Å². The van der Waals surface area contributed by atoms with Crippen LogP contribution in [-0.2, 0) is 9.59 Å². The van der Waals surface area contributed by atoms with E-state index in [1.807, 2.05) is 19.1 Å². The number of carbonyl (C=O) groups is 2. The van der Waals surface area contributed by atoms with Gasteiger partial charge in [0.1, 0.15) is 6.42 Å². The topological polar surface area (TPSA) is 72.2 Å². The first kappa shape index (κ1) is 10.2. The smallest absolute Gasteiger partial charge is 0.233 e. The molecule has 0 spiro atoms. The van der Waals surface area contributed by atoms with E-state index in [4.69, 9.17) is 5.73 Å². The fourth-order valence-electron chi connectivity index (χ4n) is 1.00. The number of nitrogens with one attached hydrogen (secondary N) is 1. The van der Waals surface area contributed by atoms with Crippen LogP contribution in [0.15, 0.2) is 24.3 Å². The van der Waals surface area contributed by atoms with Gasteiger partial charge in [-0.2, -0.15) is 0 Å². The van der Waals surface area contributed by atoms with E-state index >= 15 is 0 Å². The van der Waals surface area contributed by atoms with Crippen molar-refractivity contribution in [3.8, 4) is 0 Å². The highest BCUT2D eigenvalue weighted by atomic mass is 16.2. The Bertz CT molecular complexity index is 344. The van der Waals surface area contributed by atoms with E-state index in [2.05, 4.69) is 5.32 Å². The standard InChI is InChI=1S/C10H12N2O2/c1-7-2-4-8(5-3-7)12-10(14)6-9(11)13/h2-5H,6H2,1H3,(H2,11,13)(H,12,14). The molecule has 0 aromatic heterocycles. The number of anilines is 1. The van der Waals surface area contributed by atoms with E-state index in [1.54, 1.807) is 12.1 Å². The van der Waals surface area contributed by atoms with Crippen molar-refractivity contribution in [2.24, 2.45) is 5.73 Å². The number of primary amides is 1. The van der Waals surface area contributed by atoms with Gasteiger partial charge in [-0.05, 0) is 19.1 Å². The molecule has 2 amide bonds. The van der Waals surface area contributed by atoms with Crippen molar-refractivity contribution in [1.82, 2.24) is 0 Å². The summed E-state index contributed by atoms with van der Waals surface area (Å²) in [5.41, 5.74) is 6.65. The van der Waals surface area contributed by atoms with Crippen LogP contribution in [0.2, 0.25) is 0 Å². The second-order valence-electron chi connectivity index (χ2n) is 3.06.